The fourth-order valence-electron chi connectivity index (χ4n) is 1.74. The topological polar surface area (TPSA) is 38.7 Å². The third-order valence-corrected chi connectivity index (χ3v) is 4.41. The van der Waals surface area contributed by atoms with Crippen molar-refractivity contribution < 1.29 is 14.6 Å². The van der Waals surface area contributed by atoms with Gasteiger partial charge in [-0.2, -0.15) is 0 Å². The smallest absolute Gasteiger partial charge is 0.139 e. The molecule has 0 aliphatic carbocycles. The highest BCUT2D eigenvalue weighted by molar-refractivity contribution is 9.10. The third kappa shape index (κ3) is 3.05. The van der Waals surface area contributed by atoms with Crippen LogP contribution in [0.5, 0.6) is 11.5 Å². The maximum absolute atomic E-state index is 10.5. The summed E-state index contributed by atoms with van der Waals surface area (Å²) in [5.74, 6) is 1.29. The zero-order valence-corrected chi connectivity index (χ0v) is 13.5. The summed E-state index contributed by atoms with van der Waals surface area (Å²) in [4.78, 5) is 0.768. The van der Waals surface area contributed by atoms with Gasteiger partial charge in [-0.1, -0.05) is 11.6 Å². The highest BCUT2D eigenvalue weighted by atomic mass is 79.9. The van der Waals surface area contributed by atoms with Crippen LogP contribution >= 0.6 is 38.9 Å². The van der Waals surface area contributed by atoms with Gasteiger partial charge in [0.25, 0.3) is 0 Å². The molecule has 6 heteroatoms. The van der Waals surface area contributed by atoms with Crippen molar-refractivity contribution in [1.82, 2.24) is 0 Å². The summed E-state index contributed by atoms with van der Waals surface area (Å²) in [5, 5.41) is 12.8. The molecule has 0 fully saturated rings. The molecular weight excluding hydrogens is 352 g/mol. The average molecular weight is 364 g/mol. The molecular formula is C13H12BrClO3S. The number of aliphatic hydroxyl groups excluding tert-OH is 1. The number of hydrogen-bond acceptors (Lipinski definition) is 4. The predicted octanol–water partition coefficient (Wildman–Crippen LogP) is 4.26. The molecule has 1 heterocycles. The number of aliphatic hydroxyl groups is 1. The van der Waals surface area contributed by atoms with E-state index in [9.17, 15) is 5.11 Å². The number of thiophene rings is 1. The van der Waals surface area contributed by atoms with Gasteiger partial charge in [0.15, 0.2) is 0 Å². The van der Waals surface area contributed by atoms with Crippen LogP contribution in [0.3, 0.4) is 0 Å². The van der Waals surface area contributed by atoms with Gasteiger partial charge in [0.05, 0.1) is 18.7 Å². The molecule has 3 nitrogen and oxygen atoms in total. The summed E-state index contributed by atoms with van der Waals surface area (Å²) < 4.78 is 11.1. The SMILES string of the molecule is COc1csc(C(O)c2cc(Cl)cc(Br)c2OC)c1. The van der Waals surface area contributed by atoms with Crippen molar-refractivity contribution in [2.24, 2.45) is 0 Å². The molecule has 0 amide bonds. The Labute approximate surface area is 128 Å². The molecule has 0 spiro atoms. The van der Waals surface area contributed by atoms with Gasteiger partial charge in [-0.25, -0.2) is 0 Å². The van der Waals surface area contributed by atoms with Gasteiger partial charge in [0, 0.05) is 20.8 Å². The van der Waals surface area contributed by atoms with E-state index in [0.717, 1.165) is 10.6 Å². The minimum Gasteiger partial charge on any atom is -0.496 e. The first kappa shape index (κ1) is 14.7. The van der Waals surface area contributed by atoms with E-state index in [1.165, 1.54) is 11.3 Å². The van der Waals surface area contributed by atoms with Crippen LogP contribution in [0.15, 0.2) is 28.1 Å². The molecule has 0 saturated carbocycles. The van der Waals surface area contributed by atoms with Crippen LogP contribution in [0, 0.1) is 0 Å². The van der Waals surface area contributed by atoms with E-state index >= 15 is 0 Å². The van der Waals surface area contributed by atoms with E-state index in [1.54, 1.807) is 32.4 Å². The van der Waals surface area contributed by atoms with E-state index in [-0.39, 0.29) is 0 Å². The van der Waals surface area contributed by atoms with Crippen molar-refractivity contribution in [3.8, 4) is 11.5 Å². The predicted molar refractivity (Wildman–Crippen MR) is 80.6 cm³/mol. The van der Waals surface area contributed by atoms with Crippen molar-refractivity contribution in [3.63, 3.8) is 0 Å². The number of rotatable bonds is 4. The molecule has 0 aliphatic rings. The summed E-state index contributed by atoms with van der Waals surface area (Å²) >= 11 is 10.8. The van der Waals surface area contributed by atoms with Crippen molar-refractivity contribution in [2.45, 2.75) is 6.10 Å². The largest absolute Gasteiger partial charge is 0.496 e. The number of hydrogen-bond donors (Lipinski definition) is 1. The molecule has 19 heavy (non-hydrogen) atoms. The quantitative estimate of drug-likeness (QED) is 0.882. The number of halogens is 2. The molecule has 0 radical (unpaired) electrons. The second-order valence-electron chi connectivity index (χ2n) is 3.80. The van der Waals surface area contributed by atoms with Crippen LogP contribution in [-0.2, 0) is 0 Å². The van der Waals surface area contributed by atoms with Crippen LogP contribution in [0.4, 0.5) is 0 Å². The fourth-order valence-corrected chi connectivity index (χ4v) is 3.59. The zero-order chi connectivity index (χ0) is 14.0. The fraction of sp³-hybridized carbons (Fsp3) is 0.231. The van der Waals surface area contributed by atoms with Crippen molar-refractivity contribution in [3.05, 3.63) is 43.5 Å². The maximum atomic E-state index is 10.5. The second kappa shape index (κ2) is 6.13. The maximum Gasteiger partial charge on any atom is 0.139 e. The Balaban J connectivity index is 2.45. The first-order chi connectivity index (χ1) is 9.06. The summed E-state index contributed by atoms with van der Waals surface area (Å²) in [5.41, 5.74) is 0.617. The summed E-state index contributed by atoms with van der Waals surface area (Å²) in [6, 6.07) is 5.22. The Kier molecular flexibility index (Phi) is 4.73. The number of benzene rings is 1. The second-order valence-corrected chi connectivity index (χ2v) is 6.04. The van der Waals surface area contributed by atoms with Crippen molar-refractivity contribution >= 4 is 38.9 Å². The molecule has 2 rings (SSSR count). The van der Waals surface area contributed by atoms with E-state index in [1.807, 2.05) is 5.38 Å². The summed E-state index contributed by atoms with van der Waals surface area (Å²) in [7, 11) is 3.15. The lowest BCUT2D eigenvalue weighted by molar-refractivity contribution is 0.218. The van der Waals surface area contributed by atoms with Crippen molar-refractivity contribution in [1.29, 1.82) is 0 Å². The minimum absolute atomic E-state index is 0.533. The molecule has 0 aliphatic heterocycles. The summed E-state index contributed by atoms with van der Waals surface area (Å²) in [6.45, 7) is 0. The van der Waals surface area contributed by atoms with Crippen LogP contribution < -0.4 is 9.47 Å². The van der Waals surface area contributed by atoms with E-state index < -0.39 is 6.10 Å². The van der Waals surface area contributed by atoms with Gasteiger partial charge in [-0.15, -0.1) is 11.3 Å². The van der Waals surface area contributed by atoms with E-state index in [2.05, 4.69) is 15.9 Å². The van der Waals surface area contributed by atoms with Crippen LogP contribution in [0.2, 0.25) is 5.02 Å². The molecule has 2 aromatic rings. The number of ether oxygens (including phenoxy) is 2. The first-order valence-corrected chi connectivity index (χ1v) is 7.45. The lowest BCUT2D eigenvalue weighted by Crippen LogP contribution is -2.01. The Morgan fingerprint density at radius 1 is 1.26 bits per heavy atom. The van der Waals surface area contributed by atoms with Gasteiger partial charge < -0.3 is 14.6 Å². The van der Waals surface area contributed by atoms with Gasteiger partial charge in [-0.3, -0.25) is 0 Å². The Bertz CT molecular complexity index is 585. The third-order valence-electron chi connectivity index (χ3n) is 2.64. The molecule has 1 aromatic carbocycles. The lowest BCUT2D eigenvalue weighted by atomic mass is 10.1. The highest BCUT2D eigenvalue weighted by Crippen LogP contribution is 2.40. The molecule has 0 bridgehead atoms. The van der Waals surface area contributed by atoms with Gasteiger partial charge >= 0.3 is 0 Å². The van der Waals surface area contributed by atoms with Crippen LogP contribution in [0.25, 0.3) is 0 Å². The molecule has 0 saturated heterocycles. The van der Waals surface area contributed by atoms with Gasteiger partial charge in [-0.05, 0) is 34.1 Å². The Morgan fingerprint density at radius 3 is 2.58 bits per heavy atom. The van der Waals surface area contributed by atoms with Crippen LogP contribution in [-0.4, -0.2) is 19.3 Å². The lowest BCUT2D eigenvalue weighted by Gasteiger charge is -2.15. The van der Waals surface area contributed by atoms with Crippen molar-refractivity contribution in [2.75, 3.05) is 14.2 Å². The molecule has 1 N–H and O–H groups in total. The van der Waals surface area contributed by atoms with E-state index in [4.69, 9.17) is 21.1 Å². The highest BCUT2D eigenvalue weighted by Gasteiger charge is 2.20. The van der Waals surface area contributed by atoms with E-state index in [0.29, 0.717) is 20.8 Å². The molecule has 102 valence electrons. The normalized spacial score (nSPS) is 12.3. The van der Waals surface area contributed by atoms with Gasteiger partial charge in [0.1, 0.15) is 17.6 Å². The Hall–Kier alpha value is -0.750. The van der Waals surface area contributed by atoms with Crippen LogP contribution in [0.1, 0.15) is 16.5 Å². The number of methoxy groups -OCH3 is 2. The molecule has 1 unspecified atom stereocenters. The molecule has 1 aromatic heterocycles. The monoisotopic (exact) mass is 362 g/mol. The first-order valence-electron chi connectivity index (χ1n) is 5.40. The minimum atomic E-state index is -0.807. The zero-order valence-electron chi connectivity index (χ0n) is 10.3. The Morgan fingerprint density at radius 2 is 2.00 bits per heavy atom. The average Bonchev–Trinajstić information content (AvgIpc) is 2.85. The standard InChI is InChI=1S/C13H12BrClO3S/c1-17-8-5-11(19-6-8)12(16)9-3-7(15)4-10(14)13(9)18-2/h3-6,12,16H,1-2H3. The van der Waals surface area contributed by atoms with Gasteiger partial charge in [0.2, 0.25) is 0 Å². The summed E-state index contributed by atoms with van der Waals surface area (Å²) in [6.07, 6.45) is -0.807. The molecule has 1 atom stereocenters.